The molecule has 0 saturated heterocycles. The number of halogens is 2. The quantitative estimate of drug-likeness (QED) is 0.701. The van der Waals surface area contributed by atoms with Gasteiger partial charge in [0.2, 0.25) is 0 Å². The summed E-state index contributed by atoms with van der Waals surface area (Å²) in [5.74, 6) is 2.33. The van der Waals surface area contributed by atoms with Crippen molar-refractivity contribution in [1.29, 1.82) is 0 Å². The van der Waals surface area contributed by atoms with Gasteiger partial charge in [0.25, 0.3) is 0 Å². The number of rotatable bonds is 2. The summed E-state index contributed by atoms with van der Waals surface area (Å²) in [4.78, 5) is 0. The molecule has 0 spiro atoms. The van der Waals surface area contributed by atoms with E-state index in [9.17, 15) is 0 Å². The molecule has 1 aromatic rings. The van der Waals surface area contributed by atoms with E-state index >= 15 is 0 Å². The Morgan fingerprint density at radius 3 is 3.00 bits per heavy atom. The Balaban J connectivity index is 2.08. The van der Waals surface area contributed by atoms with Crippen LogP contribution in [0, 0.1) is 5.92 Å². The van der Waals surface area contributed by atoms with E-state index in [1.54, 1.807) is 11.3 Å². The lowest BCUT2D eigenvalue weighted by molar-refractivity contribution is 0.926. The van der Waals surface area contributed by atoms with Crippen LogP contribution < -0.4 is 0 Å². The second kappa shape index (κ2) is 3.08. The maximum atomic E-state index is 5.74. The highest BCUT2D eigenvalue weighted by atomic mass is 79.9. The Morgan fingerprint density at radius 2 is 2.55 bits per heavy atom. The minimum Gasteiger partial charge on any atom is -0.137 e. The molecule has 0 nitrogen and oxygen atoms in total. The number of alkyl halides is 1. The fraction of sp³-hybridized carbons (Fsp3) is 0.500. The molecule has 2 atom stereocenters. The van der Waals surface area contributed by atoms with Gasteiger partial charge in [0.05, 0.1) is 3.79 Å². The largest absolute Gasteiger partial charge is 0.137 e. The third-order valence-corrected chi connectivity index (χ3v) is 4.06. The van der Waals surface area contributed by atoms with Crippen LogP contribution in [0.3, 0.4) is 0 Å². The molecule has 2 rings (SSSR count). The molecule has 2 unspecified atom stereocenters. The second-order valence-electron chi connectivity index (χ2n) is 2.94. The van der Waals surface area contributed by atoms with Crippen molar-refractivity contribution in [3.8, 4) is 0 Å². The van der Waals surface area contributed by atoms with E-state index in [4.69, 9.17) is 11.6 Å². The molecule has 1 saturated carbocycles. The first-order valence-corrected chi connectivity index (χ1v) is 5.82. The summed E-state index contributed by atoms with van der Waals surface area (Å²) < 4.78 is 1.23. The van der Waals surface area contributed by atoms with E-state index in [-0.39, 0.29) is 0 Å². The molecular formula is C8H8BrClS. The molecule has 1 aromatic heterocycles. The van der Waals surface area contributed by atoms with Gasteiger partial charge in [-0.15, -0.1) is 22.9 Å². The van der Waals surface area contributed by atoms with Gasteiger partial charge in [-0.1, -0.05) is 0 Å². The summed E-state index contributed by atoms with van der Waals surface area (Å²) in [7, 11) is 0. The number of hydrogen-bond donors (Lipinski definition) is 0. The molecule has 3 heteroatoms. The summed E-state index contributed by atoms with van der Waals surface area (Å²) in [6, 6.07) is 2.21. The van der Waals surface area contributed by atoms with E-state index in [0.29, 0.717) is 0 Å². The molecule has 1 aliphatic carbocycles. The summed E-state index contributed by atoms with van der Waals surface area (Å²) in [6.45, 7) is 0. The predicted octanol–water partition coefficient (Wildman–Crippen LogP) is 3.85. The summed E-state index contributed by atoms with van der Waals surface area (Å²) in [5.41, 5.74) is 1.47. The van der Waals surface area contributed by atoms with E-state index in [1.807, 2.05) is 0 Å². The lowest BCUT2D eigenvalue weighted by atomic mass is 10.2. The van der Waals surface area contributed by atoms with Gasteiger partial charge in [0.15, 0.2) is 0 Å². The molecule has 0 aliphatic heterocycles. The lowest BCUT2D eigenvalue weighted by Crippen LogP contribution is -1.80. The highest BCUT2D eigenvalue weighted by Gasteiger charge is 2.37. The maximum absolute atomic E-state index is 5.74. The monoisotopic (exact) mass is 250 g/mol. The van der Waals surface area contributed by atoms with Crippen LogP contribution in [0.1, 0.15) is 17.9 Å². The average molecular weight is 252 g/mol. The topological polar surface area (TPSA) is 0 Å². The van der Waals surface area contributed by atoms with Gasteiger partial charge in [0.1, 0.15) is 0 Å². The second-order valence-corrected chi connectivity index (χ2v) is 5.54. The summed E-state index contributed by atoms with van der Waals surface area (Å²) in [6.07, 6.45) is 1.28. The van der Waals surface area contributed by atoms with Crippen molar-refractivity contribution in [2.45, 2.75) is 12.3 Å². The van der Waals surface area contributed by atoms with E-state index < -0.39 is 0 Å². The Kier molecular flexibility index (Phi) is 2.26. The van der Waals surface area contributed by atoms with E-state index in [1.165, 1.54) is 15.8 Å². The van der Waals surface area contributed by atoms with Crippen molar-refractivity contribution in [2.24, 2.45) is 5.92 Å². The normalized spacial score (nSPS) is 28.9. The first-order valence-electron chi connectivity index (χ1n) is 3.61. The van der Waals surface area contributed by atoms with Gasteiger partial charge in [-0.3, -0.25) is 0 Å². The van der Waals surface area contributed by atoms with Gasteiger partial charge in [0, 0.05) is 5.88 Å². The molecule has 1 aliphatic rings. The third-order valence-electron chi connectivity index (χ3n) is 2.14. The predicted molar refractivity (Wildman–Crippen MR) is 53.6 cm³/mol. The van der Waals surface area contributed by atoms with Gasteiger partial charge < -0.3 is 0 Å². The highest BCUT2D eigenvalue weighted by molar-refractivity contribution is 9.11. The molecule has 0 bridgehead atoms. The molecule has 0 amide bonds. The Morgan fingerprint density at radius 1 is 1.73 bits per heavy atom. The van der Waals surface area contributed by atoms with Crippen LogP contribution >= 0.6 is 38.9 Å². The van der Waals surface area contributed by atoms with E-state index in [0.717, 1.165) is 17.7 Å². The minimum atomic E-state index is 0.748. The third kappa shape index (κ3) is 1.63. The number of thiophene rings is 1. The average Bonchev–Trinajstić information content (AvgIpc) is 2.68. The van der Waals surface area contributed by atoms with Gasteiger partial charge in [-0.2, -0.15) is 0 Å². The van der Waals surface area contributed by atoms with Gasteiger partial charge in [-0.25, -0.2) is 0 Å². The Labute approximate surface area is 83.7 Å². The zero-order valence-electron chi connectivity index (χ0n) is 5.89. The molecule has 1 heterocycles. The smallest absolute Gasteiger partial charge is 0.0701 e. The van der Waals surface area contributed by atoms with Crippen LogP contribution in [-0.4, -0.2) is 5.88 Å². The molecule has 0 radical (unpaired) electrons. The van der Waals surface area contributed by atoms with Crippen molar-refractivity contribution < 1.29 is 0 Å². The van der Waals surface area contributed by atoms with Crippen LogP contribution in [-0.2, 0) is 0 Å². The van der Waals surface area contributed by atoms with Crippen LogP contribution in [0.2, 0.25) is 0 Å². The first kappa shape index (κ1) is 8.09. The Bertz CT molecular complexity index is 258. The van der Waals surface area contributed by atoms with Crippen molar-refractivity contribution >= 4 is 38.9 Å². The molecule has 0 aromatic carbocycles. The highest BCUT2D eigenvalue weighted by Crippen LogP contribution is 2.49. The standard InChI is InChI=1S/C8H8BrClS/c9-8-2-6(4-11-8)7-1-5(7)3-10/h2,4-5,7H,1,3H2. The minimum absolute atomic E-state index is 0.748. The van der Waals surface area contributed by atoms with Crippen LogP contribution in [0.4, 0.5) is 0 Å². The fourth-order valence-corrected chi connectivity index (χ4v) is 2.93. The number of hydrogen-bond acceptors (Lipinski definition) is 1. The fourth-order valence-electron chi connectivity index (χ4n) is 1.34. The van der Waals surface area contributed by atoms with E-state index in [2.05, 4.69) is 27.4 Å². The van der Waals surface area contributed by atoms with Crippen LogP contribution in [0.25, 0.3) is 0 Å². The van der Waals surface area contributed by atoms with Crippen molar-refractivity contribution in [2.75, 3.05) is 5.88 Å². The maximum Gasteiger partial charge on any atom is 0.0701 e. The molecule has 11 heavy (non-hydrogen) atoms. The molecule has 0 N–H and O–H groups in total. The summed E-state index contributed by atoms with van der Waals surface area (Å²) in [5, 5.41) is 2.22. The first-order chi connectivity index (χ1) is 5.31. The van der Waals surface area contributed by atoms with Gasteiger partial charge >= 0.3 is 0 Å². The van der Waals surface area contributed by atoms with Crippen molar-refractivity contribution in [3.05, 3.63) is 20.8 Å². The zero-order valence-corrected chi connectivity index (χ0v) is 9.05. The van der Waals surface area contributed by atoms with Crippen molar-refractivity contribution in [1.82, 2.24) is 0 Å². The van der Waals surface area contributed by atoms with Crippen LogP contribution in [0.15, 0.2) is 15.2 Å². The summed E-state index contributed by atoms with van der Waals surface area (Å²) >= 11 is 11.0. The SMILES string of the molecule is ClCC1CC1c1csc(Br)c1. The van der Waals surface area contributed by atoms with Crippen molar-refractivity contribution in [3.63, 3.8) is 0 Å². The van der Waals surface area contributed by atoms with Crippen LogP contribution in [0.5, 0.6) is 0 Å². The van der Waals surface area contributed by atoms with Gasteiger partial charge in [-0.05, 0) is 51.2 Å². The molecular weight excluding hydrogens is 244 g/mol. The molecule has 60 valence electrons. The zero-order chi connectivity index (χ0) is 7.84. The molecule has 1 fully saturated rings. The lowest BCUT2D eigenvalue weighted by Gasteiger charge is -1.89. The Hall–Kier alpha value is 0.470.